The molecule has 0 bridgehead atoms. The van der Waals surface area contributed by atoms with E-state index >= 15 is 0 Å². The molecule has 2 aromatic carbocycles. The molecular weight excluding hydrogens is 314 g/mol. The Hall–Kier alpha value is -2.75. The number of carbonyl (C=O) groups excluding carboxylic acids is 1. The van der Waals surface area contributed by atoms with Crippen molar-refractivity contribution < 1.29 is 14.3 Å². The van der Waals surface area contributed by atoms with Gasteiger partial charge < -0.3 is 14.4 Å². The first kappa shape index (κ1) is 15.8. The molecule has 1 amide bonds. The van der Waals surface area contributed by atoms with Gasteiger partial charge in [0.25, 0.3) is 0 Å². The highest BCUT2D eigenvalue weighted by Gasteiger charge is 2.18. The van der Waals surface area contributed by atoms with Crippen LogP contribution >= 0.6 is 0 Å². The third-order valence-corrected chi connectivity index (χ3v) is 4.77. The molecule has 0 saturated carbocycles. The van der Waals surface area contributed by atoms with Crippen molar-refractivity contribution in [1.29, 1.82) is 0 Å². The lowest BCUT2D eigenvalue weighted by Gasteiger charge is -2.27. The number of benzene rings is 2. The second kappa shape index (κ2) is 7.01. The number of fused-ring (bicyclic) bond motifs is 1. The number of hydrogen-bond donors (Lipinski definition) is 0. The quantitative estimate of drug-likeness (QED) is 0.856. The Bertz CT molecular complexity index is 798. The molecule has 4 nitrogen and oxygen atoms in total. The third-order valence-electron chi connectivity index (χ3n) is 4.77. The van der Waals surface area contributed by atoms with Gasteiger partial charge in [0, 0.05) is 19.5 Å². The molecule has 0 saturated heterocycles. The highest BCUT2D eigenvalue weighted by Crippen LogP contribution is 2.32. The van der Waals surface area contributed by atoms with E-state index in [2.05, 4.69) is 30.3 Å². The number of rotatable bonds is 4. The number of nitrogens with zero attached hydrogens (tertiary/aromatic N) is 1. The maximum absolute atomic E-state index is 12.5. The van der Waals surface area contributed by atoms with Crippen molar-refractivity contribution in [3.8, 4) is 11.5 Å². The Balaban J connectivity index is 1.33. The van der Waals surface area contributed by atoms with E-state index in [0.29, 0.717) is 13.0 Å². The second-order valence-electron chi connectivity index (χ2n) is 6.37. The van der Waals surface area contributed by atoms with E-state index in [4.69, 9.17) is 9.47 Å². The molecule has 2 aliphatic rings. The monoisotopic (exact) mass is 335 g/mol. The maximum Gasteiger partial charge on any atom is 0.231 e. The zero-order valence-electron chi connectivity index (χ0n) is 14.1. The second-order valence-corrected chi connectivity index (χ2v) is 6.37. The van der Waals surface area contributed by atoms with Gasteiger partial charge in [0.2, 0.25) is 12.7 Å². The lowest BCUT2D eigenvalue weighted by molar-refractivity contribution is -0.130. The van der Waals surface area contributed by atoms with Gasteiger partial charge in [-0.2, -0.15) is 0 Å². The molecule has 0 fully saturated rings. The average Bonchev–Trinajstić information content (AvgIpc) is 3.15. The molecule has 25 heavy (non-hydrogen) atoms. The van der Waals surface area contributed by atoms with Crippen molar-refractivity contribution in [3.05, 3.63) is 65.7 Å². The Labute approximate surface area is 147 Å². The normalized spacial score (nSPS) is 15.8. The largest absolute Gasteiger partial charge is 0.454 e. The van der Waals surface area contributed by atoms with Crippen molar-refractivity contribution in [3.63, 3.8) is 0 Å². The minimum absolute atomic E-state index is 0.209. The van der Waals surface area contributed by atoms with Crippen LogP contribution in [0.1, 0.15) is 24.0 Å². The minimum Gasteiger partial charge on any atom is -0.454 e. The average molecular weight is 335 g/mol. The molecule has 2 aromatic rings. The van der Waals surface area contributed by atoms with Gasteiger partial charge in [-0.1, -0.05) is 42.5 Å². The lowest BCUT2D eigenvalue weighted by atomic mass is 9.99. The van der Waals surface area contributed by atoms with Gasteiger partial charge in [0.1, 0.15) is 0 Å². The SMILES string of the molecule is O=C(CCc1ccc2c(c1)OCO2)N1CC=C(c2ccccc2)CC1. The summed E-state index contributed by atoms with van der Waals surface area (Å²) in [6.07, 6.45) is 4.34. The van der Waals surface area contributed by atoms with Crippen LogP contribution in [-0.4, -0.2) is 30.7 Å². The first-order chi connectivity index (χ1) is 12.3. The zero-order valence-corrected chi connectivity index (χ0v) is 14.1. The van der Waals surface area contributed by atoms with Gasteiger partial charge in [-0.05, 0) is 41.7 Å². The van der Waals surface area contributed by atoms with Gasteiger partial charge in [-0.3, -0.25) is 4.79 Å². The van der Waals surface area contributed by atoms with E-state index < -0.39 is 0 Å². The molecule has 0 radical (unpaired) electrons. The fourth-order valence-electron chi connectivity index (χ4n) is 3.32. The number of amides is 1. The Morgan fingerprint density at radius 2 is 1.88 bits per heavy atom. The number of aryl methyl sites for hydroxylation is 1. The summed E-state index contributed by atoms with van der Waals surface area (Å²) in [5.74, 6) is 1.77. The smallest absolute Gasteiger partial charge is 0.231 e. The first-order valence-corrected chi connectivity index (χ1v) is 8.70. The summed E-state index contributed by atoms with van der Waals surface area (Å²) in [7, 11) is 0. The summed E-state index contributed by atoms with van der Waals surface area (Å²) in [5, 5.41) is 0. The van der Waals surface area contributed by atoms with E-state index in [0.717, 1.165) is 36.4 Å². The van der Waals surface area contributed by atoms with Crippen molar-refractivity contribution in [1.82, 2.24) is 4.90 Å². The number of carbonyl (C=O) groups is 1. The van der Waals surface area contributed by atoms with Gasteiger partial charge in [-0.25, -0.2) is 0 Å². The molecule has 0 N–H and O–H groups in total. The van der Waals surface area contributed by atoms with E-state index in [-0.39, 0.29) is 12.7 Å². The fraction of sp³-hybridized carbons (Fsp3) is 0.286. The van der Waals surface area contributed by atoms with Crippen LogP contribution in [0.3, 0.4) is 0 Å². The lowest BCUT2D eigenvalue weighted by Crippen LogP contribution is -2.34. The summed E-state index contributed by atoms with van der Waals surface area (Å²) in [6.45, 7) is 1.77. The third kappa shape index (κ3) is 3.53. The van der Waals surface area contributed by atoms with Gasteiger partial charge in [0.15, 0.2) is 11.5 Å². The van der Waals surface area contributed by atoms with Crippen LogP contribution in [0.15, 0.2) is 54.6 Å². The van der Waals surface area contributed by atoms with Crippen molar-refractivity contribution in [2.24, 2.45) is 0 Å². The zero-order chi connectivity index (χ0) is 17.1. The van der Waals surface area contributed by atoms with Crippen molar-refractivity contribution in [2.45, 2.75) is 19.3 Å². The van der Waals surface area contributed by atoms with Gasteiger partial charge in [0.05, 0.1) is 0 Å². The summed E-state index contributed by atoms with van der Waals surface area (Å²) in [4.78, 5) is 14.4. The molecule has 0 atom stereocenters. The highest BCUT2D eigenvalue weighted by molar-refractivity contribution is 5.78. The first-order valence-electron chi connectivity index (χ1n) is 8.70. The Morgan fingerprint density at radius 3 is 2.68 bits per heavy atom. The molecule has 0 unspecified atom stereocenters. The Kier molecular flexibility index (Phi) is 4.42. The topological polar surface area (TPSA) is 38.8 Å². The van der Waals surface area contributed by atoms with Crippen LogP contribution < -0.4 is 9.47 Å². The number of ether oxygens (including phenoxy) is 2. The molecular formula is C21H21NO3. The molecule has 0 spiro atoms. The minimum atomic E-state index is 0.209. The fourth-order valence-corrected chi connectivity index (χ4v) is 3.32. The molecule has 0 aliphatic carbocycles. The summed E-state index contributed by atoms with van der Waals surface area (Å²) < 4.78 is 10.7. The van der Waals surface area contributed by atoms with Crippen LogP contribution in [0.25, 0.3) is 5.57 Å². The van der Waals surface area contributed by atoms with Crippen molar-refractivity contribution in [2.75, 3.05) is 19.9 Å². The summed E-state index contributed by atoms with van der Waals surface area (Å²) in [6, 6.07) is 16.3. The molecule has 4 heteroatoms. The van der Waals surface area contributed by atoms with E-state index in [9.17, 15) is 4.79 Å². The van der Waals surface area contributed by atoms with Crippen LogP contribution in [0.2, 0.25) is 0 Å². The van der Waals surface area contributed by atoms with Crippen LogP contribution in [-0.2, 0) is 11.2 Å². The Morgan fingerprint density at radius 1 is 1.04 bits per heavy atom. The van der Waals surface area contributed by atoms with Gasteiger partial charge >= 0.3 is 0 Å². The number of hydrogen-bond acceptors (Lipinski definition) is 3. The predicted octanol–water partition coefficient (Wildman–Crippen LogP) is 3.66. The molecule has 0 aromatic heterocycles. The maximum atomic E-state index is 12.5. The molecule has 4 rings (SSSR count). The van der Waals surface area contributed by atoms with E-state index in [1.807, 2.05) is 29.2 Å². The standard InChI is InChI=1S/C21H21NO3/c23-21(9-7-16-6-8-19-20(14-16)25-15-24-19)22-12-10-18(11-13-22)17-4-2-1-3-5-17/h1-6,8,10,14H,7,9,11-13,15H2. The van der Waals surface area contributed by atoms with Crippen LogP contribution in [0.4, 0.5) is 0 Å². The molecule has 2 aliphatic heterocycles. The van der Waals surface area contributed by atoms with Crippen molar-refractivity contribution >= 4 is 11.5 Å². The predicted molar refractivity (Wildman–Crippen MR) is 96.5 cm³/mol. The van der Waals surface area contributed by atoms with Crippen LogP contribution in [0.5, 0.6) is 11.5 Å². The summed E-state index contributed by atoms with van der Waals surface area (Å²) >= 11 is 0. The molecule has 128 valence electrons. The summed E-state index contributed by atoms with van der Waals surface area (Å²) in [5.41, 5.74) is 3.70. The molecule has 2 heterocycles. The van der Waals surface area contributed by atoms with Crippen LogP contribution in [0, 0.1) is 0 Å². The van der Waals surface area contributed by atoms with Gasteiger partial charge in [-0.15, -0.1) is 0 Å². The van der Waals surface area contributed by atoms with E-state index in [1.54, 1.807) is 0 Å². The van der Waals surface area contributed by atoms with E-state index in [1.165, 1.54) is 11.1 Å². The highest BCUT2D eigenvalue weighted by atomic mass is 16.7.